The van der Waals surface area contributed by atoms with Gasteiger partial charge in [-0.05, 0) is 59.2 Å². The summed E-state index contributed by atoms with van der Waals surface area (Å²) < 4.78 is 29.3. The van der Waals surface area contributed by atoms with Crippen molar-refractivity contribution in [3.63, 3.8) is 0 Å². The molecule has 0 spiro atoms. The lowest BCUT2D eigenvalue weighted by atomic mass is 9.98. The zero-order valence-corrected chi connectivity index (χ0v) is 15.7. The molecule has 0 amide bonds. The topological polar surface area (TPSA) is 22.1 Å². The fourth-order valence-corrected chi connectivity index (χ4v) is 4.35. The van der Waals surface area contributed by atoms with E-state index in [4.69, 9.17) is 0 Å². The summed E-state index contributed by atoms with van der Waals surface area (Å²) in [6, 6.07) is 11.9. The number of pyridine rings is 1. The molecular weight excluding hydrogens is 344 g/mol. The summed E-state index contributed by atoms with van der Waals surface area (Å²) in [6.07, 6.45) is 8.90. The number of aromatic nitrogens is 1. The second kappa shape index (κ2) is 7.79. The fourth-order valence-electron chi connectivity index (χ4n) is 4.35. The average Bonchev–Trinajstić information content (AvgIpc) is 3.04. The van der Waals surface area contributed by atoms with Crippen molar-refractivity contribution < 1.29 is 13.5 Å². The van der Waals surface area contributed by atoms with Gasteiger partial charge in [0.05, 0.1) is 5.52 Å². The van der Waals surface area contributed by atoms with Crippen LogP contribution in [0.1, 0.15) is 50.2 Å². The molecular formula is C23H25F2NO. The highest BCUT2D eigenvalue weighted by molar-refractivity contribution is 6.06. The molecule has 0 saturated heterocycles. The monoisotopic (exact) mass is 369 g/mol. The number of ether oxygens (including phenoxy) is 1. The summed E-state index contributed by atoms with van der Waals surface area (Å²) in [5.41, 5.74) is 3.59. The van der Waals surface area contributed by atoms with Gasteiger partial charge in [-0.25, -0.2) is 4.98 Å². The normalized spacial score (nSPS) is 16.4. The number of hydrogen-bond donors (Lipinski definition) is 0. The van der Waals surface area contributed by atoms with Crippen LogP contribution in [0.5, 0.6) is 5.88 Å². The van der Waals surface area contributed by atoms with E-state index in [-0.39, 0.29) is 5.88 Å². The maximum atomic E-state index is 12.4. The van der Waals surface area contributed by atoms with E-state index in [1.165, 1.54) is 61.1 Å². The van der Waals surface area contributed by atoms with Gasteiger partial charge in [-0.3, -0.25) is 0 Å². The highest BCUT2D eigenvalue weighted by Crippen LogP contribution is 2.35. The maximum Gasteiger partial charge on any atom is 0.388 e. The molecule has 1 aliphatic rings. The van der Waals surface area contributed by atoms with Crippen LogP contribution in [0.3, 0.4) is 0 Å². The molecule has 1 heterocycles. The molecule has 1 aromatic heterocycles. The maximum absolute atomic E-state index is 12.4. The Morgan fingerprint density at radius 3 is 2.59 bits per heavy atom. The van der Waals surface area contributed by atoms with Gasteiger partial charge in [-0.2, -0.15) is 8.78 Å². The van der Waals surface area contributed by atoms with E-state index in [0.717, 1.165) is 23.1 Å². The Morgan fingerprint density at radius 2 is 1.81 bits per heavy atom. The lowest BCUT2D eigenvalue weighted by molar-refractivity contribution is -0.0526. The van der Waals surface area contributed by atoms with Crippen molar-refractivity contribution in [3.05, 3.63) is 47.5 Å². The van der Waals surface area contributed by atoms with Crippen LogP contribution in [0.25, 0.3) is 21.7 Å². The first kappa shape index (κ1) is 18.1. The van der Waals surface area contributed by atoms with E-state index >= 15 is 0 Å². The Kier molecular flexibility index (Phi) is 5.24. The second-order valence-corrected chi connectivity index (χ2v) is 7.63. The van der Waals surface area contributed by atoms with E-state index in [2.05, 4.69) is 28.8 Å². The molecule has 3 aromatic rings. The molecule has 0 saturated carbocycles. The van der Waals surface area contributed by atoms with Crippen LogP contribution in [-0.4, -0.2) is 11.6 Å². The van der Waals surface area contributed by atoms with Crippen molar-refractivity contribution >= 4 is 21.7 Å². The van der Waals surface area contributed by atoms with Crippen molar-refractivity contribution in [3.8, 4) is 5.88 Å². The molecule has 4 rings (SSSR count). The van der Waals surface area contributed by atoms with Gasteiger partial charge in [0.2, 0.25) is 5.88 Å². The molecule has 0 aliphatic heterocycles. The predicted octanol–water partition coefficient (Wildman–Crippen LogP) is 6.67. The highest BCUT2D eigenvalue weighted by Gasteiger charge is 2.22. The van der Waals surface area contributed by atoms with E-state index in [1.807, 2.05) is 18.2 Å². The predicted molar refractivity (Wildman–Crippen MR) is 106 cm³/mol. The lowest BCUT2D eigenvalue weighted by Gasteiger charge is -2.09. The lowest BCUT2D eigenvalue weighted by Crippen LogP contribution is -2.03. The van der Waals surface area contributed by atoms with Crippen LogP contribution in [0, 0.1) is 5.92 Å². The molecule has 142 valence electrons. The smallest absolute Gasteiger partial charge is 0.388 e. The fraction of sp³-hybridized carbons (Fsp3) is 0.435. The Labute approximate surface area is 158 Å². The summed E-state index contributed by atoms with van der Waals surface area (Å²) in [4.78, 5) is 4.23. The van der Waals surface area contributed by atoms with E-state index in [9.17, 15) is 8.78 Å². The summed E-state index contributed by atoms with van der Waals surface area (Å²) in [6.45, 7) is -0.605. The van der Waals surface area contributed by atoms with Gasteiger partial charge in [0.1, 0.15) is 0 Å². The zero-order chi connectivity index (χ0) is 18.8. The molecule has 0 N–H and O–H groups in total. The van der Waals surface area contributed by atoms with Gasteiger partial charge in [0, 0.05) is 11.5 Å². The van der Waals surface area contributed by atoms with Gasteiger partial charge in [-0.15, -0.1) is 0 Å². The van der Waals surface area contributed by atoms with Crippen LogP contribution in [0.2, 0.25) is 0 Å². The molecule has 0 fully saturated rings. The minimum absolute atomic E-state index is 0.0369. The van der Waals surface area contributed by atoms with Crippen LogP contribution < -0.4 is 4.74 Å². The van der Waals surface area contributed by atoms with Crippen molar-refractivity contribution in [1.29, 1.82) is 0 Å². The summed E-state index contributed by atoms with van der Waals surface area (Å²) in [5.74, 6) is 0.717. The molecule has 4 heteroatoms. The van der Waals surface area contributed by atoms with Crippen molar-refractivity contribution in [2.45, 2.75) is 58.5 Å². The minimum atomic E-state index is -2.85. The first-order chi connectivity index (χ1) is 13.1. The number of nitrogens with zero attached hydrogens (tertiary/aromatic N) is 1. The Morgan fingerprint density at radius 1 is 1.00 bits per heavy atom. The Balaban J connectivity index is 1.60. The Hall–Kier alpha value is -2.23. The zero-order valence-electron chi connectivity index (χ0n) is 15.7. The molecule has 1 unspecified atom stereocenters. The molecule has 0 radical (unpaired) electrons. The number of halogens is 2. The highest BCUT2D eigenvalue weighted by atomic mass is 19.3. The van der Waals surface area contributed by atoms with Crippen LogP contribution in [-0.2, 0) is 12.8 Å². The molecule has 0 bridgehead atoms. The van der Waals surface area contributed by atoms with Gasteiger partial charge in [-0.1, -0.05) is 50.8 Å². The van der Waals surface area contributed by atoms with Gasteiger partial charge < -0.3 is 4.74 Å². The van der Waals surface area contributed by atoms with E-state index in [1.54, 1.807) is 0 Å². The van der Waals surface area contributed by atoms with Gasteiger partial charge in [0.15, 0.2) is 0 Å². The van der Waals surface area contributed by atoms with E-state index in [0.29, 0.717) is 5.52 Å². The number of benzene rings is 2. The summed E-state index contributed by atoms with van der Waals surface area (Å²) in [5, 5.41) is 3.33. The number of unbranched alkanes of at least 4 members (excludes halogenated alkanes) is 3. The third-order valence-corrected chi connectivity index (χ3v) is 5.67. The minimum Gasteiger partial charge on any atom is -0.417 e. The third-order valence-electron chi connectivity index (χ3n) is 5.67. The molecule has 27 heavy (non-hydrogen) atoms. The SMILES string of the molecule is CCCCCCC1Cc2cc3ccc4nc(OC(F)F)ccc4c3cc2C1. The molecule has 1 aliphatic carbocycles. The Bertz CT molecular complexity index is 954. The molecule has 1 atom stereocenters. The van der Waals surface area contributed by atoms with E-state index < -0.39 is 6.61 Å². The molecule has 2 nitrogen and oxygen atoms in total. The average molecular weight is 369 g/mol. The van der Waals surface area contributed by atoms with Crippen molar-refractivity contribution in [1.82, 2.24) is 4.98 Å². The number of hydrogen-bond acceptors (Lipinski definition) is 2. The number of fused-ring (bicyclic) bond motifs is 4. The largest absolute Gasteiger partial charge is 0.417 e. The summed E-state index contributed by atoms with van der Waals surface area (Å²) in [7, 11) is 0. The molecule has 2 aromatic carbocycles. The van der Waals surface area contributed by atoms with Crippen molar-refractivity contribution in [2.24, 2.45) is 5.92 Å². The van der Waals surface area contributed by atoms with Crippen LogP contribution in [0.4, 0.5) is 8.78 Å². The van der Waals surface area contributed by atoms with Crippen LogP contribution >= 0.6 is 0 Å². The third kappa shape index (κ3) is 3.90. The van der Waals surface area contributed by atoms with Crippen LogP contribution in [0.15, 0.2) is 36.4 Å². The quantitative estimate of drug-likeness (QED) is 0.342. The summed E-state index contributed by atoms with van der Waals surface area (Å²) >= 11 is 0. The van der Waals surface area contributed by atoms with Gasteiger partial charge >= 0.3 is 6.61 Å². The first-order valence-electron chi connectivity index (χ1n) is 9.94. The number of alkyl halides is 2. The second-order valence-electron chi connectivity index (χ2n) is 7.63. The van der Waals surface area contributed by atoms with Gasteiger partial charge in [0.25, 0.3) is 0 Å². The van der Waals surface area contributed by atoms with Crippen molar-refractivity contribution in [2.75, 3.05) is 0 Å². The first-order valence-corrected chi connectivity index (χ1v) is 9.94. The number of rotatable bonds is 7. The standard InChI is InChI=1S/C23H25F2NO/c1-2-3-4-5-6-15-11-17-13-16-7-9-21-19(20(16)14-18(17)12-15)8-10-22(26-21)27-23(24)25/h7-10,13-15,23H,2-6,11-12H2,1H3.